The number of anilines is 1. The van der Waals surface area contributed by atoms with Crippen molar-refractivity contribution in [3.8, 4) is 11.3 Å². The highest BCUT2D eigenvalue weighted by molar-refractivity contribution is 7.80. The van der Waals surface area contributed by atoms with Crippen molar-refractivity contribution in [2.45, 2.75) is 6.92 Å². The van der Waals surface area contributed by atoms with Gasteiger partial charge >= 0.3 is 0 Å². The van der Waals surface area contributed by atoms with E-state index in [4.69, 9.17) is 51.4 Å². The molecule has 2 aromatic carbocycles. The first-order chi connectivity index (χ1) is 15.1. The molecular weight excluding hydrogens is 497 g/mol. The minimum atomic E-state index is -0.578. The molecule has 0 spiro atoms. The summed E-state index contributed by atoms with van der Waals surface area (Å²) in [6.07, 6.45) is 2.72. The van der Waals surface area contributed by atoms with Gasteiger partial charge in [0.25, 0.3) is 5.69 Å². The molecule has 2 N–H and O–H groups in total. The Morgan fingerprint density at radius 1 is 1.12 bits per heavy atom. The molecule has 0 aliphatic heterocycles. The highest BCUT2D eigenvalue weighted by Gasteiger charge is 2.16. The Balaban J connectivity index is 1.62. The molecule has 0 unspecified atom stereocenters. The maximum atomic E-state index is 12.2. The number of aryl methyl sites for hydroxylation is 1. The molecule has 11 heteroatoms. The summed E-state index contributed by atoms with van der Waals surface area (Å²) in [7, 11) is 0. The van der Waals surface area contributed by atoms with Gasteiger partial charge in [0, 0.05) is 28.4 Å². The lowest BCUT2D eigenvalue weighted by molar-refractivity contribution is -0.384. The van der Waals surface area contributed by atoms with E-state index in [-0.39, 0.29) is 15.8 Å². The molecule has 0 aliphatic carbocycles. The SMILES string of the molecule is Cc1cc([N+](=O)[O-])c(Cl)cc1NC(=S)NC(=O)/C=C/c1ccc(-c2ccc(Cl)cc2Cl)o1. The molecule has 32 heavy (non-hydrogen) atoms. The quantitative estimate of drug-likeness (QED) is 0.173. The Labute approximate surface area is 203 Å². The monoisotopic (exact) mass is 509 g/mol. The van der Waals surface area contributed by atoms with Gasteiger partial charge in [-0.2, -0.15) is 0 Å². The number of halogens is 3. The van der Waals surface area contributed by atoms with Gasteiger partial charge in [-0.25, -0.2) is 0 Å². The molecule has 0 saturated heterocycles. The standard InChI is InChI=1S/C21H14Cl3N3O4S/c1-11-8-18(27(29)30)16(24)10-17(11)25-21(32)26-20(28)7-4-13-3-6-19(31-13)14-5-2-12(22)9-15(14)23/h2-10H,1H3,(H2,25,26,28,32)/b7-4+. The van der Waals surface area contributed by atoms with Gasteiger partial charge in [0.2, 0.25) is 5.91 Å². The van der Waals surface area contributed by atoms with Gasteiger partial charge < -0.3 is 9.73 Å². The van der Waals surface area contributed by atoms with Crippen LogP contribution in [0.2, 0.25) is 15.1 Å². The Bertz CT molecular complexity index is 1260. The second-order valence-electron chi connectivity index (χ2n) is 6.48. The van der Waals surface area contributed by atoms with Crippen molar-refractivity contribution < 1.29 is 14.1 Å². The summed E-state index contributed by atoms with van der Waals surface area (Å²) in [5.41, 5.74) is 1.43. The van der Waals surface area contributed by atoms with Crippen molar-refractivity contribution in [1.29, 1.82) is 0 Å². The summed E-state index contributed by atoms with van der Waals surface area (Å²) in [5.74, 6) is 0.447. The number of nitrogens with one attached hydrogen (secondary N) is 2. The molecule has 0 atom stereocenters. The lowest BCUT2D eigenvalue weighted by Crippen LogP contribution is -2.33. The largest absolute Gasteiger partial charge is 0.457 e. The van der Waals surface area contributed by atoms with Crippen LogP contribution in [0.15, 0.2) is 53.0 Å². The normalized spacial score (nSPS) is 10.9. The maximum absolute atomic E-state index is 12.2. The fraction of sp³-hybridized carbons (Fsp3) is 0.0476. The van der Waals surface area contributed by atoms with Crippen LogP contribution in [0.3, 0.4) is 0 Å². The fourth-order valence-electron chi connectivity index (χ4n) is 2.68. The smallest absolute Gasteiger partial charge is 0.288 e. The Hall–Kier alpha value is -2.91. The van der Waals surface area contributed by atoms with E-state index >= 15 is 0 Å². The van der Waals surface area contributed by atoms with Crippen LogP contribution < -0.4 is 10.6 Å². The van der Waals surface area contributed by atoms with Crippen molar-refractivity contribution in [1.82, 2.24) is 5.32 Å². The average Bonchev–Trinajstić information content (AvgIpc) is 3.17. The zero-order valence-electron chi connectivity index (χ0n) is 16.3. The van der Waals surface area contributed by atoms with Gasteiger partial charge in [0.05, 0.1) is 9.95 Å². The number of nitrogens with zero attached hydrogens (tertiary/aromatic N) is 1. The second kappa shape index (κ2) is 10.1. The van der Waals surface area contributed by atoms with Crippen LogP contribution in [0.1, 0.15) is 11.3 Å². The number of hydrogen-bond donors (Lipinski definition) is 2. The van der Waals surface area contributed by atoms with Gasteiger partial charge in [0.15, 0.2) is 5.11 Å². The minimum absolute atomic E-state index is 0.000694. The van der Waals surface area contributed by atoms with Gasteiger partial charge in [0.1, 0.15) is 16.5 Å². The minimum Gasteiger partial charge on any atom is -0.457 e. The molecule has 0 saturated carbocycles. The van der Waals surface area contributed by atoms with E-state index in [0.717, 1.165) is 0 Å². The number of furan rings is 1. The number of carbonyl (C=O) groups is 1. The molecule has 3 aromatic rings. The molecule has 7 nitrogen and oxygen atoms in total. The fourth-order valence-corrected chi connectivity index (χ4v) is 3.63. The molecule has 0 fully saturated rings. The lowest BCUT2D eigenvalue weighted by Gasteiger charge is -2.11. The molecule has 164 valence electrons. The van der Waals surface area contributed by atoms with Crippen molar-refractivity contribution in [2.24, 2.45) is 0 Å². The summed E-state index contributed by atoms with van der Waals surface area (Å²) in [5, 5.41) is 17.1. The molecule has 3 rings (SSSR count). The van der Waals surface area contributed by atoms with E-state index in [1.807, 2.05) is 0 Å². The van der Waals surface area contributed by atoms with Crippen molar-refractivity contribution in [3.05, 3.63) is 85.0 Å². The summed E-state index contributed by atoms with van der Waals surface area (Å²) in [6.45, 7) is 1.65. The highest BCUT2D eigenvalue weighted by atomic mass is 35.5. The van der Waals surface area contributed by atoms with Gasteiger partial charge in [-0.15, -0.1) is 0 Å². The average molecular weight is 511 g/mol. The van der Waals surface area contributed by atoms with E-state index in [1.165, 1.54) is 24.3 Å². The molecule has 1 amide bonds. The zero-order valence-corrected chi connectivity index (χ0v) is 19.4. The predicted molar refractivity (Wildman–Crippen MR) is 130 cm³/mol. The van der Waals surface area contributed by atoms with Crippen LogP contribution >= 0.6 is 47.0 Å². The third kappa shape index (κ3) is 5.86. The maximum Gasteiger partial charge on any atom is 0.288 e. The Kier molecular flexibility index (Phi) is 7.52. The van der Waals surface area contributed by atoms with Crippen molar-refractivity contribution >= 4 is 75.5 Å². The van der Waals surface area contributed by atoms with Crippen LogP contribution in [-0.4, -0.2) is 15.9 Å². The van der Waals surface area contributed by atoms with E-state index in [1.54, 1.807) is 37.3 Å². The van der Waals surface area contributed by atoms with E-state index in [2.05, 4.69) is 10.6 Å². The number of nitro groups is 1. The number of benzene rings is 2. The number of hydrogen-bond acceptors (Lipinski definition) is 5. The number of amides is 1. The molecule has 1 heterocycles. The van der Waals surface area contributed by atoms with Crippen LogP contribution in [0, 0.1) is 17.0 Å². The molecule has 0 radical (unpaired) electrons. The molecule has 1 aromatic heterocycles. The van der Waals surface area contributed by atoms with Gasteiger partial charge in [-0.1, -0.05) is 34.8 Å². The van der Waals surface area contributed by atoms with Crippen LogP contribution in [-0.2, 0) is 4.79 Å². The van der Waals surface area contributed by atoms with Gasteiger partial charge in [-0.3, -0.25) is 20.2 Å². The third-order valence-corrected chi connectivity index (χ3v) is 5.25. The summed E-state index contributed by atoms with van der Waals surface area (Å²) in [6, 6.07) is 11.1. The summed E-state index contributed by atoms with van der Waals surface area (Å²) >= 11 is 23.1. The topological polar surface area (TPSA) is 97.4 Å². The van der Waals surface area contributed by atoms with Crippen LogP contribution in [0.4, 0.5) is 11.4 Å². The van der Waals surface area contributed by atoms with E-state index < -0.39 is 10.8 Å². The first-order valence-corrected chi connectivity index (χ1v) is 10.5. The van der Waals surface area contributed by atoms with Crippen LogP contribution in [0.5, 0.6) is 0 Å². The number of carbonyl (C=O) groups excluding carboxylic acids is 1. The Morgan fingerprint density at radius 2 is 1.88 bits per heavy atom. The van der Waals surface area contributed by atoms with Crippen molar-refractivity contribution in [3.63, 3.8) is 0 Å². The zero-order chi connectivity index (χ0) is 23.4. The lowest BCUT2D eigenvalue weighted by atomic mass is 10.2. The van der Waals surface area contributed by atoms with E-state index in [0.29, 0.717) is 38.4 Å². The second-order valence-corrected chi connectivity index (χ2v) is 8.14. The number of rotatable bonds is 5. The first-order valence-electron chi connectivity index (χ1n) is 8.94. The van der Waals surface area contributed by atoms with Crippen LogP contribution in [0.25, 0.3) is 17.4 Å². The van der Waals surface area contributed by atoms with Gasteiger partial charge in [-0.05, 0) is 67.2 Å². The molecular formula is C21H14Cl3N3O4S. The third-order valence-electron chi connectivity index (χ3n) is 4.20. The number of thiocarbonyl (C=S) groups is 1. The molecule has 0 bridgehead atoms. The number of nitro benzene ring substituents is 1. The predicted octanol–water partition coefficient (Wildman–Crippen LogP) is 6.65. The summed E-state index contributed by atoms with van der Waals surface area (Å²) < 4.78 is 5.69. The summed E-state index contributed by atoms with van der Waals surface area (Å²) in [4.78, 5) is 22.5. The van der Waals surface area contributed by atoms with Crippen molar-refractivity contribution in [2.75, 3.05) is 5.32 Å². The highest BCUT2D eigenvalue weighted by Crippen LogP contribution is 2.32. The Morgan fingerprint density at radius 3 is 2.56 bits per heavy atom. The molecule has 0 aliphatic rings. The first kappa shape index (κ1) is 23.7. The van der Waals surface area contributed by atoms with E-state index in [9.17, 15) is 14.9 Å².